The quantitative estimate of drug-likeness (QED) is 0.501. The molecule has 3 heteroatoms. The zero-order valence-electron chi connectivity index (χ0n) is 13.1. The summed E-state index contributed by atoms with van der Waals surface area (Å²) in [6.07, 6.45) is 9.64. The molecule has 0 aromatic heterocycles. The van der Waals surface area contributed by atoms with Gasteiger partial charge in [0, 0.05) is 0 Å². The molecule has 0 spiro atoms. The van der Waals surface area contributed by atoms with E-state index in [1.54, 1.807) is 0 Å². The van der Waals surface area contributed by atoms with Crippen LogP contribution in [-0.4, -0.2) is 31.7 Å². The summed E-state index contributed by atoms with van der Waals surface area (Å²) >= 11 is 0. The van der Waals surface area contributed by atoms with Crippen LogP contribution in [0.1, 0.15) is 58.8 Å². The van der Waals surface area contributed by atoms with E-state index < -0.39 is 0 Å². The minimum Gasteiger partial charge on any atom is -0.376 e. The Labute approximate surface area is 123 Å². The van der Waals surface area contributed by atoms with Crippen molar-refractivity contribution in [1.82, 2.24) is 0 Å². The predicted molar refractivity (Wildman–Crippen MR) is 78.5 cm³/mol. The summed E-state index contributed by atoms with van der Waals surface area (Å²) in [5, 5.41) is 0. The topological polar surface area (TPSA) is 27.7 Å². The molecule has 3 nitrogen and oxygen atoms in total. The number of ether oxygens (including phenoxy) is 3. The normalized spacial score (nSPS) is 40.2. The van der Waals surface area contributed by atoms with Gasteiger partial charge in [-0.25, -0.2) is 0 Å². The summed E-state index contributed by atoms with van der Waals surface area (Å²) in [6, 6.07) is 0. The minimum absolute atomic E-state index is 0.173. The van der Waals surface area contributed by atoms with E-state index in [4.69, 9.17) is 14.2 Å². The van der Waals surface area contributed by atoms with E-state index >= 15 is 0 Å². The Bertz CT molecular complexity index is 280. The Balaban J connectivity index is 1.34. The van der Waals surface area contributed by atoms with Crippen molar-refractivity contribution in [3.05, 3.63) is 0 Å². The van der Waals surface area contributed by atoms with Crippen LogP contribution in [0.3, 0.4) is 0 Å². The molecule has 1 atom stereocenters. The highest BCUT2D eigenvalue weighted by molar-refractivity contribution is 5.02. The average Bonchev–Trinajstić information content (AvgIpc) is 2.40. The highest BCUT2D eigenvalue weighted by Crippen LogP contribution is 2.57. The third kappa shape index (κ3) is 3.37. The zero-order valence-corrected chi connectivity index (χ0v) is 13.1. The minimum atomic E-state index is 0.173. The maximum atomic E-state index is 6.20. The molecule has 116 valence electrons. The maximum absolute atomic E-state index is 6.20. The Morgan fingerprint density at radius 2 is 1.60 bits per heavy atom. The standard InChI is InChI=1S/C17H30O3/c1-3-13(2)19-5-4-18-12-20-17-9-14-6-15(10-17)8-16(7-14)11-17/h13-16H,3-12H2,1-2H3. The van der Waals surface area contributed by atoms with Crippen LogP contribution in [0.4, 0.5) is 0 Å². The van der Waals surface area contributed by atoms with Gasteiger partial charge in [0.2, 0.25) is 0 Å². The Kier molecular flexibility index (Phi) is 4.68. The third-order valence-corrected chi connectivity index (χ3v) is 5.64. The van der Waals surface area contributed by atoms with Crippen molar-refractivity contribution < 1.29 is 14.2 Å². The van der Waals surface area contributed by atoms with E-state index in [9.17, 15) is 0 Å². The van der Waals surface area contributed by atoms with Crippen LogP contribution >= 0.6 is 0 Å². The molecule has 4 bridgehead atoms. The molecule has 0 radical (unpaired) electrons. The lowest BCUT2D eigenvalue weighted by atomic mass is 9.54. The van der Waals surface area contributed by atoms with Crippen LogP contribution < -0.4 is 0 Å². The molecular formula is C17H30O3. The van der Waals surface area contributed by atoms with Crippen molar-refractivity contribution in [3.63, 3.8) is 0 Å². The number of hydrogen-bond donors (Lipinski definition) is 0. The molecule has 0 aromatic rings. The lowest BCUT2D eigenvalue weighted by Crippen LogP contribution is -2.52. The summed E-state index contributed by atoms with van der Waals surface area (Å²) in [4.78, 5) is 0. The van der Waals surface area contributed by atoms with Crippen LogP contribution in [0.15, 0.2) is 0 Å². The Morgan fingerprint density at radius 3 is 2.15 bits per heavy atom. The summed E-state index contributed by atoms with van der Waals surface area (Å²) in [5.41, 5.74) is 0.173. The smallest absolute Gasteiger partial charge is 0.147 e. The summed E-state index contributed by atoms with van der Waals surface area (Å²) in [5.74, 6) is 2.82. The largest absolute Gasteiger partial charge is 0.376 e. The molecule has 4 rings (SSSR count). The molecule has 0 amide bonds. The highest BCUT2D eigenvalue weighted by atomic mass is 16.7. The molecule has 4 aliphatic rings. The summed E-state index contributed by atoms with van der Waals surface area (Å²) in [7, 11) is 0. The van der Waals surface area contributed by atoms with Crippen LogP contribution in [-0.2, 0) is 14.2 Å². The molecule has 4 saturated carbocycles. The molecule has 4 aliphatic carbocycles. The summed E-state index contributed by atoms with van der Waals surface area (Å²) < 4.78 is 17.4. The third-order valence-electron chi connectivity index (χ3n) is 5.64. The second kappa shape index (κ2) is 6.33. The Morgan fingerprint density at radius 1 is 1.00 bits per heavy atom. The first-order valence-corrected chi connectivity index (χ1v) is 8.52. The van der Waals surface area contributed by atoms with Crippen LogP contribution in [0.25, 0.3) is 0 Å². The molecule has 0 N–H and O–H groups in total. The lowest BCUT2D eigenvalue weighted by molar-refractivity contribution is -0.211. The van der Waals surface area contributed by atoms with Crippen molar-refractivity contribution in [2.24, 2.45) is 17.8 Å². The van der Waals surface area contributed by atoms with Gasteiger partial charge in [-0.3, -0.25) is 0 Å². The zero-order chi connectivity index (χ0) is 14.0. The van der Waals surface area contributed by atoms with Crippen LogP contribution in [0.5, 0.6) is 0 Å². The van der Waals surface area contributed by atoms with E-state index in [0.717, 1.165) is 24.2 Å². The monoisotopic (exact) mass is 282 g/mol. The first kappa shape index (κ1) is 14.8. The molecule has 4 fully saturated rings. The van der Waals surface area contributed by atoms with Crippen molar-refractivity contribution in [3.8, 4) is 0 Å². The molecule has 0 aromatic carbocycles. The van der Waals surface area contributed by atoms with E-state index in [2.05, 4.69) is 13.8 Å². The molecular weight excluding hydrogens is 252 g/mol. The van der Waals surface area contributed by atoms with Gasteiger partial charge in [0.15, 0.2) is 0 Å². The van der Waals surface area contributed by atoms with Crippen LogP contribution in [0.2, 0.25) is 0 Å². The van der Waals surface area contributed by atoms with Crippen molar-refractivity contribution in [1.29, 1.82) is 0 Å². The SMILES string of the molecule is CCC(C)OCCOCOC12CC3CC(CC(C3)C1)C2. The van der Waals surface area contributed by atoms with E-state index in [1.165, 1.54) is 38.5 Å². The van der Waals surface area contributed by atoms with E-state index in [1.807, 2.05) is 0 Å². The predicted octanol–water partition coefficient (Wildman–Crippen LogP) is 3.76. The fourth-order valence-electron chi connectivity index (χ4n) is 4.86. The number of hydrogen-bond acceptors (Lipinski definition) is 3. The maximum Gasteiger partial charge on any atom is 0.147 e. The lowest BCUT2D eigenvalue weighted by Gasteiger charge is -2.56. The highest BCUT2D eigenvalue weighted by Gasteiger charge is 2.51. The fourth-order valence-corrected chi connectivity index (χ4v) is 4.86. The van der Waals surface area contributed by atoms with Crippen molar-refractivity contribution in [2.75, 3.05) is 20.0 Å². The fraction of sp³-hybridized carbons (Fsp3) is 1.00. The van der Waals surface area contributed by atoms with Crippen molar-refractivity contribution >= 4 is 0 Å². The first-order valence-electron chi connectivity index (χ1n) is 8.52. The second-order valence-corrected chi connectivity index (χ2v) is 7.36. The molecule has 0 aliphatic heterocycles. The van der Waals surface area contributed by atoms with Gasteiger partial charge in [0.05, 0.1) is 24.9 Å². The van der Waals surface area contributed by atoms with Crippen molar-refractivity contribution in [2.45, 2.75) is 70.5 Å². The molecule has 20 heavy (non-hydrogen) atoms. The average molecular weight is 282 g/mol. The summed E-state index contributed by atoms with van der Waals surface area (Å²) in [6.45, 7) is 6.03. The van der Waals surface area contributed by atoms with Gasteiger partial charge >= 0.3 is 0 Å². The van der Waals surface area contributed by atoms with E-state index in [-0.39, 0.29) is 5.60 Å². The van der Waals surface area contributed by atoms with Gasteiger partial charge in [0.25, 0.3) is 0 Å². The number of rotatable bonds is 8. The molecule has 0 heterocycles. The Hall–Kier alpha value is -0.120. The van der Waals surface area contributed by atoms with Gasteiger partial charge in [-0.05, 0) is 69.6 Å². The van der Waals surface area contributed by atoms with Gasteiger partial charge in [-0.2, -0.15) is 0 Å². The molecule has 1 unspecified atom stereocenters. The molecule has 0 saturated heterocycles. The van der Waals surface area contributed by atoms with Gasteiger partial charge in [0.1, 0.15) is 6.79 Å². The van der Waals surface area contributed by atoms with Gasteiger partial charge in [-0.1, -0.05) is 6.92 Å². The second-order valence-electron chi connectivity index (χ2n) is 7.36. The van der Waals surface area contributed by atoms with Gasteiger partial charge < -0.3 is 14.2 Å². The van der Waals surface area contributed by atoms with Gasteiger partial charge in [-0.15, -0.1) is 0 Å². The van der Waals surface area contributed by atoms with E-state index in [0.29, 0.717) is 26.1 Å². The van der Waals surface area contributed by atoms with Crippen LogP contribution in [0, 0.1) is 17.8 Å². The first-order chi connectivity index (χ1) is 9.69.